The van der Waals surface area contributed by atoms with Crippen molar-refractivity contribution in [1.82, 2.24) is 10.6 Å². The van der Waals surface area contributed by atoms with Gasteiger partial charge in [0, 0.05) is 11.4 Å². The highest BCUT2D eigenvalue weighted by Crippen LogP contribution is 2.30. The van der Waals surface area contributed by atoms with Crippen molar-refractivity contribution in [2.75, 3.05) is 12.4 Å². The van der Waals surface area contributed by atoms with Crippen molar-refractivity contribution >= 4 is 17.6 Å². The first-order valence-electron chi connectivity index (χ1n) is 9.53. The Morgan fingerprint density at radius 2 is 1.66 bits per heavy atom. The summed E-state index contributed by atoms with van der Waals surface area (Å²) < 4.78 is 5.15. The molecule has 6 heteroatoms. The van der Waals surface area contributed by atoms with Crippen LogP contribution in [0.5, 0.6) is 5.75 Å². The highest BCUT2D eigenvalue weighted by atomic mass is 16.5. The topological polar surface area (TPSA) is 79.5 Å². The van der Waals surface area contributed by atoms with Crippen LogP contribution in [0.25, 0.3) is 0 Å². The molecular weight excluding hydrogens is 366 g/mol. The van der Waals surface area contributed by atoms with Crippen LogP contribution in [0.3, 0.4) is 0 Å². The van der Waals surface area contributed by atoms with E-state index in [4.69, 9.17) is 4.74 Å². The quantitative estimate of drug-likeness (QED) is 0.726. The van der Waals surface area contributed by atoms with Crippen molar-refractivity contribution in [3.8, 4) is 5.75 Å². The van der Waals surface area contributed by atoms with E-state index < -0.39 is 6.04 Å². The molecule has 29 heavy (non-hydrogen) atoms. The van der Waals surface area contributed by atoms with E-state index >= 15 is 0 Å². The molecule has 1 aliphatic rings. The molecule has 0 radical (unpaired) electrons. The molecule has 0 unspecified atom stereocenters. The average molecular weight is 393 g/mol. The predicted molar refractivity (Wildman–Crippen MR) is 114 cm³/mol. The lowest BCUT2D eigenvalue weighted by Gasteiger charge is -2.29. The Balaban J connectivity index is 1.89. The number of hydrogen-bond donors (Lipinski definition) is 3. The zero-order valence-corrected chi connectivity index (χ0v) is 17.4. The number of carbonyl (C=O) groups is 2. The molecule has 3 N–H and O–H groups in total. The second kappa shape index (κ2) is 7.99. The standard InChI is InChI=1S/C23H27N3O3/c1-14-19(21(27)25-17-10-12-18(29-5)13-11-17)20(26-22(28)24-14)15-6-8-16(9-7-15)23(2,3)4/h6-13,20H,1-5H3,(H,25,27)(H2,24,26,28)/t20-/m0/s1. The fraction of sp³-hybridized carbons (Fsp3) is 0.304. The average Bonchev–Trinajstić information content (AvgIpc) is 2.67. The molecule has 0 bridgehead atoms. The van der Waals surface area contributed by atoms with Crippen LogP contribution in [0.4, 0.5) is 10.5 Å². The molecule has 3 amide bonds. The van der Waals surface area contributed by atoms with Crippen LogP contribution in [-0.2, 0) is 10.2 Å². The summed E-state index contributed by atoms with van der Waals surface area (Å²) in [5, 5.41) is 8.47. The molecular formula is C23H27N3O3. The number of urea groups is 1. The Labute approximate surface area is 171 Å². The highest BCUT2D eigenvalue weighted by molar-refractivity contribution is 6.06. The van der Waals surface area contributed by atoms with Gasteiger partial charge in [-0.2, -0.15) is 0 Å². The van der Waals surface area contributed by atoms with Crippen molar-refractivity contribution in [2.45, 2.75) is 39.2 Å². The number of ether oxygens (including phenoxy) is 1. The number of methoxy groups -OCH3 is 1. The largest absolute Gasteiger partial charge is 0.497 e. The summed E-state index contributed by atoms with van der Waals surface area (Å²) >= 11 is 0. The number of nitrogens with one attached hydrogen (secondary N) is 3. The minimum atomic E-state index is -0.531. The summed E-state index contributed by atoms with van der Waals surface area (Å²) in [4.78, 5) is 25.1. The summed E-state index contributed by atoms with van der Waals surface area (Å²) in [6.07, 6.45) is 0. The zero-order valence-electron chi connectivity index (χ0n) is 17.4. The van der Waals surface area contributed by atoms with Crippen molar-refractivity contribution in [3.05, 3.63) is 70.9 Å². The molecule has 1 atom stereocenters. The summed E-state index contributed by atoms with van der Waals surface area (Å²) in [6.45, 7) is 8.17. The van der Waals surface area contributed by atoms with Crippen LogP contribution >= 0.6 is 0 Å². The molecule has 0 aromatic heterocycles. The van der Waals surface area contributed by atoms with Crippen molar-refractivity contribution in [2.24, 2.45) is 0 Å². The molecule has 2 aromatic rings. The van der Waals surface area contributed by atoms with Gasteiger partial charge in [0.05, 0.1) is 18.7 Å². The van der Waals surface area contributed by atoms with Crippen LogP contribution in [0, 0.1) is 0 Å². The Kier molecular flexibility index (Phi) is 5.64. The van der Waals surface area contributed by atoms with E-state index in [-0.39, 0.29) is 17.4 Å². The van der Waals surface area contributed by atoms with Gasteiger partial charge in [-0.05, 0) is 47.7 Å². The van der Waals surface area contributed by atoms with Gasteiger partial charge in [-0.3, -0.25) is 4.79 Å². The Morgan fingerprint density at radius 3 is 2.21 bits per heavy atom. The molecule has 0 saturated heterocycles. The third-order valence-corrected chi connectivity index (χ3v) is 4.97. The summed E-state index contributed by atoms with van der Waals surface area (Å²) in [5.74, 6) is 0.437. The van der Waals surface area contributed by atoms with Gasteiger partial charge in [-0.15, -0.1) is 0 Å². The van der Waals surface area contributed by atoms with Gasteiger partial charge < -0.3 is 20.7 Å². The van der Waals surface area contributed by atoms with Crippen LogP contribution in [0.15, 0.2) is 59.8 Å². The first-order chi connectivity index (χ1) is 13.7. The van der Waals surface area contributed by atoms with Crippen molar-refractivity contribution in [3.63, 3.8) is 0 Å². The van der Waals surface area contributed by atoms with E-state index in [0.717, 1.165) is 5.56 Å². The fourth-order valence-electron chi connectivity index (χ4n) is 3.29. The highest BCUT2D eigenvalue weighted by Gasteiger charge is 2.31. The summed E-state index contributed by atoms with van der Waals surface area (Å²) in [5.41, 5.74) is 3.72. The van der Waals surface area contributed by atoms with Gasteiger partial charge in [0.25, 0.3) is 5.91 Å². The normalized spacial score (nSPS) is 16.7. The molecule has 1 aliphatic heterocycles. The maximum atomic E-state index is 13.1. The molecule has 0 saturated carbocycles. The minimum Gasteiger partial charge on any atom is -0.497 e. The van der Waals surface area contributed by atoms with Crippen molar-refractivity contribution in [1.29, 1.82) is 0 Å². The van der Waals surface area contributed by atoms with Crippen molar-refractivity contribution < 1.29 is 14.3 Å². The lowest BCUT2D eigenvalue weighted by molar-refractivity contribution is -0.113. The lowest BCUT2D eigenvalue weighted by Crippen LogP contribution is -2.46. The Hall–Kier alpha value is -3.28. The molecule has 3 rings (SSSR count). The fourth-order valence-corrected chi connectivity index (χ4v) is 3.29. The van der Waals surface area contributed by atoms with E-state index in [1.807, 2.05) is 24.3 Å². The zero-order chi connectivity index (χ0) is 21.2. The second-order valence-electron chi connectivity index (χ2n) is 8.12. The van der Waals surface area contributed by atoms with Gasteiger partial charge in [0.1, 0.15) is 5.75 Å². The van der Waals surface area contributed by atoms with Crippen LogP contribution in [-0.4, -0.2) is 19.0 Å². The molecule has 2 aromatic carbocycles. The number of hydrogen-bond acceptors (Lipinski definition) is 3. The SMILES string of the molecule is COc1ccc(NC(=O)C2=C(C)NC(=O)N[C@H]2c2ccc(C(C)(C)C)cc2)cc1. The number of benzene rings is 2. The maximum absolute atomic E-state index is 13.1. The number of carbonyl (C=O) groups excluding carboxylic acids is 2. The van der Waals surface area contributed by atoms with Gasteiger partial charge in [0.15, 0.2) is 0 Å². The predicted octanol–water partition coefficient (Wildman–Crippen LogP) is 4.26. The number of anilines is 1. The smallest absolute Gasteiger partial charge is 0.319 e. The maximum Gasteiger partial charge on any atom is 0.319 e. The van der Waals surface area contributed by atoms with E-state index in [1.165, 1.54) is 5.56 Å². The van der Waals surface area contributed by atoms with Gasteiger partial charge in [-0.25, -0.2) is 4.79 Å². The van der Waals surface area contributed by atoms with Crippen LogP contribution in [0.2, 0.25) is 0 Å². The first kappa shape index (κ1) is 20.5. The number of amides is 3. The number of rotatable bonds is 4. The first-order valence-corrected chi connectivity index (χ1v) is 9.53. The molecule has 1 heterocycles. The lowest BCUT2D eigenvalue weighted by atomic mass is 9.85. The van der Waals surface area contributed by atoms with E-state index in [2.05, 4.69) is 36.7 Å². The molecule has 0 fully saturated rings. The number of allylic oxidation sites excluding steroid dienone is 1. The Bertz CT molecular complexity index is 939. The monoisotopic (exact) mass is 393 g/mol. The minimum absolute atomic E-state index is 0.0240. The van der Waals surface area contributed by atoms with Gasteiger partial charge >= 0.3 is 6.03 Å². The molecule has 152 valence electrons. The molecule has 0 spiro atoms. The van der Waals surface area contributed by atoms with E-state index in [0.29, 0.717) is 22.7 Å². The summed E-state index contributed by atoms with van der Waals surface area (Å²) in [6, 6.07) is 14.2. The molecule has 6 nitrogen and oxygen atoms in total. The third kappa shape index (κ3) is 4.59. The van der Waals surface area contributed by atoms with E-state index in [1.54, 1.807) is 38.3 Å². The van der Waals surface area contributed by atoms with Gasteiger partial charge in [-0.1, -0.05) is 45.0 Å². The Morgan fingerprint density at radius 1 is 1.03 bits per heavy atom. The van der Waals surface area contributed by atoms with E-state index in [9.17, 15) is 9.59 Å². The van der Waals surface area contributed by atoms with Crippen LogP contribution in [0.1, 0.15) is 44.9 Å². The van der Waals surface area contributed by atoms with Crippen LogP contribution < -0.4 is 20.7 Å². The van der Waals surface area contributed by atoms with Gasteiger partial charge in [0.2, 0.25) is 0 Å². The third-order valence-electron chi connectivity index (χ3n) is 4.97. The second-order valence-corrected chi connectivity index (χ2v) is 8.12. The molecule has 0 aliphatic carbocycles. The summed E-state index contributed by atoms with van der Waals surface area (Å²) in [7, 11) is 1.59.